The molecular formula is C27H34N2O5. The third-order valence-corrected chi connectivity index (χ3v) is 7.68. The summed E-state index contributed by atoms with van der Waals surface area (Å²) in [5.74, 6) is 0.830. The predicted octanol–water partition coefficient (Wildman–Crippen LogP) is 2.66. The van der Waals surface area contributed by atoms with Crippen molar-refractivity contribution in [3.8, 4) is 0 Å². The zero-order chi connectivity index (χ0) is 24.2. The molecule has 2 bridgehead atoms. The van der Waals surface area contributed by atoms with Crippen molar-refractivity contribution in [2.75, 3.05) is 6.54 Å². The van der Waals surface area contributed by atoms with E-state index in [2.05, 4.69) is 41.9 Å². The molecule has 2 aliphatic heterocycles. The molecule has 0 radical (unpaired) electrons. The topological polar surface area (TPSA) is 116 Å². The van der Waals surface area contributed by atoms with Gasteiger partial charge < -0.3 is 20.8 Å². The van der Waals surface area contributed by atoms with E-state index in [0.29, 0.717) is 36.0 Å². The van der Waals surface area contributed by atoms with Crippen LogP contribution in [-0.2, 0) is 14.4 Å². The first-order chi connectivity index (χ1) is 16.4. The Morgan fingerprint density at radius 3 is 2.68 bits per heavy atom. The lowest BCUT2D eigenvalue weighted by Gasteiger charge is -2.20. The molecule has 182 valence electrons. The fraction of sp³-hybridized carbons (Fsp3) is 0.519. The number of Topliss-reactive ketones (excluding diaryl/α,β-unsaturated/α-hetero) is 1. The number of amides is 2. The maximum Gasteiger partial charge on any atom is 0.259 e. The van der Waals surface area contributed by atoms with Gasteiger partial charge in [-0.1, -0.05) is 49.5 Å². The van der Waals surface area contributed by atoms with E-state index in [1.165, 1.54) is 6.08 Å². The average molecular weight is 467 g/mol. The first-order valence-corrected chi connectivity index (χ1v) is 12.3. The standard InChI is InChI=1S/C27H34N2O5/c1-16-11-12-19-18-8-3-2-4-10-23(32)28-14-13-22(31)25-26(33)24(27(34)29-25)21(30)9-6-5-7-17(18)15-20(16)19/h2-5,7,10-12,16-20,22,25,30-31H,6,8-9,13-15H2,1H3,(H,28,32)(H,29,34)/b3-2-,7-5+,10-4+,24-21-/t16-,17+,18-,19?,20?,22-,25-/m0/s1. The molecule has 0 aromatic heterocycles. The Morgan fingerprint density at radius 2 is 1.85 bits per heavy atom. The minimum absolute atomic E-state index is 0.0977. The molecule has 7 atom stereocenters. The molecule has 2 heterocycles. The van der Waals surface area contributed by atoms with Gasteiger partial charge in [-0.2, -0.15) is 0 Å². The smallest absolute Gasteiger partial charge is 0.259 e. The fourth-order valence-electron chi connectivity index (χ4n) is 5.83. The number of aliphatic hydroxyl groups is 2. The lowest BCUT2D eigenvalue weighted by Crippen LogP contribution is -2.42. The number of aliphatic hydroxyl groups excluding tert-OH is 2. The molecule has 2 amide bonds. The number of fused-ring (bicyclic) bond motifs is 5. The van der Waals surface area contributed by atoms with E-state index in [1.54, 1.807) is 6.08 Å². The summed E-state index contributed by atoms with van der Waals surface area (Å²) in [5, 5.41) is 26.0. The summed E-state index contributed by atoms with van der Waals surface area (Å²) in [6.45, 7) is 2.42. The third kappa shape index (κ3) is 5.09. The summed E-state index contributed by atoms with van der Waals surface area (Å²) in [4.78, 5) is 37.0. The number of hydrogen-bond donors (Lipinski definition) is 4. The number of carbonyl (C=O) groups excluding carboxylic acids is 3. The summed E-state index contributed by atoms with van der Waals surface area (Å²) in [7, 11) is 0. The molecular weight excluding hydrogens is 432 g/mol. The van der Waals surface area contributed by atoms with Crippen molar-refractivity contribution in [2.45, 2.75) is 51.2 Å². The van der Waals surface area contributed by atoms with E-state index in [9.17, 15) is 24.6 Å². The second kappa shape index (κ2) is 10.6. The molecule has 2 aliphatic carbocycles. The molecule has 0 spiro atoms. The molecule has 4 N–H and O–H groups in total. The molecule has 7 heteroatoms. The number of ketones is 1. The first-order valence-electron chi connectivity index (χ1n) is 12.3. The van der Waals surface area contributed by atoms with Crippen molar-refractivity contribution in [3.05, 3.63) is 59.9 Å². The Bertz CT molecular complexity index is 976. The zero-order valence-electron chi connectivity index (χ0n) is 19.5. The van der Waals surface area contributed by atoms with Crippen LogP contribution in [0.25, 0.3) is 0 Å². The van der Waals surface area contributed by atoms with E-state index < -0.39 is 23.8 Å². The fourth-order valence-corrected chi connectivity index (χ4v) is 5.83. The van der Waals surface area contributed by atoms with Crippen molar-refractivity contribution in [3.63, 3.8) is 0 Å². The van der Waals surface area contributed by atoms with Crippen molar-refractivity contribution < 1.29 is 24.6 Å². The average Bonchev–Trinajstić information content (AvgIpc) is 3.43. The van der Waals surface area contributed by atoms with Gasteiger partial charge in [-0.05, 0) is 55.3 Å². The van der Waals surface area contributed by atoms with E-state index in [1.807, 2.05) is 12.2 Å². The highest BCUT2D eigenvalue weighted by Gasteiger charge is 2.44. The van der Waals surface area contributed by atoms with E-state index in [0.717, 1.165) is 12.8 Å². The van der Waals surface area contributed by atoms with Gasteiger partial charge in [-0.25, -0.2) is 0 Å². The Kier molecular flexibility index (Phi) is 7.51. The number of hydrogen-bond acceptors (Lipinski definition) is 5. The monoisotopic (exact) mass is 466 g/mol. The van der Waals surface area contributed by atoms with Crippen LogP contribution >= 0.6 is 0 Å². The van der Waals surface area contributed by atoms with Gasteiger partial charge in [0.15, 0.2) is 5.78 Å². The van der Waals surface area contributed by atoms with Crippen molar-refractivity contribution in [2.24, 2.45) is 29.6 Å². The molecule has 2 fully saturated rings. The van der Waals surface area contributed by atoms with E-state index >= 15 is 0 Å². The molecule has 4 aliphatic rings. The van der Waals surface area contributed by atoms with Gasteiger partial charge in [0.2, 0.25) is 5.91 Å². The first kappa shape index (κ1) is 24.2. The molecule has 2 unspecified atom stereocenters. The van der Waals surface area contributed by atoms with Crippen molar-refractivity contribution >= 4 is 17.6 Å². The van der Waals surface area contributed by atoms with Crippen LogP contribution in [0.4, 0.5) is 0 Å². The van der Waals surface area contributed by atoms with Crippen LogP contribution in [-0.4, -0.2) is 46.5 Å². The van der Waals surface area contributed by atoms with Gasteiger partial charge in [0.25, 0.3) is 5.91 Å². The Balaban J connectivity index is 1.53. The second-order valence-electron chi connectivity index (χ2n) is 9.82. The molecule has 34 heavy (non-hydrogen) atoms. The minimum atomic E-state index is -1.16. The van der Waals surface area contributed by atoms with Gasteiger partial charge in [0, 0.05) is 19.0 Å². The highest BCUT2D eigenvalue weighted by atomic mass is 16.3. The van der Waals surface area contributed by atoms with Crippen molar-refractivity contribution in [1.29, 1.82) is 0 Å². The Morgan fingerprint density at radius 1 is 1.03 bits per heavy atom. The zero-order valence-corrected chi connectivity index (χ0v) is 19.5. The highest BCUT2D eigenvalue weighted by molar-refractivity contribution is 6.27. The predicted molar refractivity (Wildman–Crippen MR) is 128 cm³/mol. The van der Waals surface area contributed by atoms with Crippen LogP contribution in [0.3, 0.4) is 0 Å². The largest absolute Gasteiger partial charge is 0.511 e. The van der Waals surface area contributed by atoms with Gasteiger partial charge in [0.05, 0.1) is 6.10 Å². The summed E-state index contributed by atoms with van der Waals surface area (Å²) in [5.41, 5.74) is -0.267. The highest BCUT2D eigenvalue weighted by Crippen LogP contribution is 2.51. The summed E-state index contributed by atoms with van der Waals surface area (Å²) in [6, 6.07) is -1.12. The van der Waals surface area contributed by atoms with Crippen LogP contribution < -0.4 is 10.6 Å². The summed E-state index contributed by atoms with van der Waals surface area (Å²) < 4.78 is 0. The number of rotatable bonds is 0. The number of nitrogens with one attached hydrogen (secondary N) is 2. The molecule has 1 saturated heterocycles. The molecule has 1 saturated carbocycles. The van der Waals surface area contributed by atoms with E-state index in [4.69, 9.17) is 0 Å². The molecule has 7 nitrogen and oxygen atoms in total. The van der Waals surface area contributed by atoms with Crippen LogP contribution in [0.1, 0.15) is 39.0 Å². The van der Waals surface area contributed by atoms with Crippen LogP contribution in [0, 0.1) is 29.6 Å². The third-order valence-electron chi connectivity index (χ3n) is 7.68. The van der Waals surface area contributed by atoms with Crippen LogP contribution in [0.2, 0.25) is 0 Å². The van der Waals surface area contributed by atoms with Gasteiger partial charge in [-0.15, -0.1) is 0 Å². The van der Waals surface area contributed by atoms with Crippen LogP contribution in [0.15, 0.2) is 59.9 Å². The Hall–Kier alpha value is -2.93. The lowest BCUT2D eigenvalue weighted by atomic mass is 9.85. The minimum Gasteiger partial charge on any atom is -0.511 e. The van der Waals surface area contributed by atoms with E-state index in [-0.39, 0.29) is 36.6 Å². The molecule has 0 aromatic rings. The molecule has 4 rings (SSSR count). The maximum atomic E-state index is 12.7. The van der Waals surface area contributed by atoms with Gasteiger partial charge in [0.1, 0.15) is 17.4 Å². The summed E-state index contributed by atoms with van der Waals surface area (Å²) >= 11 is 0. The van der Waals surface area contributed by atoms with Crippen molar-refractivity contribution in [1.82, 2.24) is 10.6 Å². The summed E-state index contributed by atoms with van der Waals surface area (Å²) in [6.07, 6.45) is 17.8. The van der Waals surface area contributed by atoms with Gasteiger partial charge >= 0.3 is 0 Å². The normalized spacial score (nSPS) is 41.8. The molecule has 0 aromatic carbocycles. The van der Waals surface area contributed by atoms with Crippen LogP contribution in [0.5, 0.6) is 0 Å². The quantitative estimate of drug-likeness (QED) is 0.324. The number of carbonyl (C=O) groups is 3. The second-order valence-corrected chi connectivity index (χ2v) is 9.82. The maximum absolute atomic E-state index is 12.7. The lowest BCUT2D eigenvalue weighted by molar-refractivity contribution is -0.118. The SMILES string of the molecule is C[C@H]1C=CC2C1C[C@H]1/C=C/CC/C(O)=C3/C(=O)N[C@H](C3=O)[C@@H](O)CCNC(=O)/C=C/C=C\C[C@H]21. The Labute approximate surface area is 200 Å². The van der Waals surface area contributed by atoms with Gasteiger partial charge in [-0.3, -0.25) is 14.4 Å². The number of allylic oxidation sites excluding steroid dienone is 8.